The third kappa shape index (κ3) is 7.72. The summed E-state index contributed by atoms with van der Waals surface area (Å²) in [5.41, 5.74) is 2.93. The van der Waals surface area contributed by atoms with Crippen molar-refractivity contribution in [3.63, 3.8) is 0 Å². The van der Waals surface area contributed by atoms with Crippen LogP contribution >= 0.6 is 0 Å². The van der Waals surface area contributed by atoms with Gasteiger partial charge >= 0.3 is 0 Å². The van der Waals surface area contributed by atoms with Gasteiger partial charge in [-0.2, -0.15) is 47.2 Å². The van der Waals surface area contributed by atoms with Crippen LogP contribution in [0, 0.1) is 11.8 Å². The van der Waals surface area contributed by atoms with Gasteiger partial charge in [0.1, 0.15) is 0 Å². The topological polar surface area (TPSA) is 0 Å². The van der Waals surface area contributed by atoms with Crippen molar-refractivity contribution in [3.8, 4) is 0 Å². The van der Waals surface area contributed by atoms with Crippen molar-refractivity contribution in [2.24, 2.45) is 0 Å². The van der Waals surface area contributed by atoms with Crippen LogP contribution < -0.4 is 0 Å². The second kappa shape index (κ2) is 14.9. The summed E-state index contributed by atoms with van der Waals surface area (Å²) in [6.45, 7) is 0. The first-order valence-corrected chi connectivity index (χ1v) is 11.5. The zero-order valence-electron chi connectivity index (χ0n) is 19.5. The molecule has 4 aromatic carbocycles. The van der Waals surface area contributed by atoms with E-state index >= 15 is 0 Å². The smallest absolute Gasteiger partial charge is 0 e. The van der Waals surface area contributed by atoms with E-state index in [1.165, 1.54) is 84.0 Å². The van der Waals surface area contributed by atoms with E-state index in [1.807, 2.05) is 0 Å². The Kier molecular flexibility index (Phi) is 13.4. The average Bonchev–Trinajstić information content (AvgIpc) is 3.54. The Hall–Kier alpha value is 0.452. The summed E-state index contributed by atoms with van der Waals surface area (Å²) in [5.74, 6) is 3.31. The molecule has 2 aliphatic rings. The van der Waals surface area contributed by atoms with Crippen molar-refractivity contribution in [1.29, 1.82) is 0 Å². The Morgan fingerprint density at radius 2 is 0.727 bits per heavy atom. The number of hydrogen-bond donors (Lipinski definition) is 0. The third-order valence-electron chi connectivity index (χ3n) is 6.73. The molecule has 0 N–H and O–H groups in total. The molecule has 2 aliphatic carbocycles. The summed E-state index contributed by atoms with van der Waals surface area (Å²) in [7, 11) is 0. The minimum atomic E-state index is 0. The van der Waals surface area contributed by atoms with E-state index in [0.717, 1.165) is 0 Å². The molecule has 0 unspecified atom stereocenters. The molecule has 0 nitrogen and oxygen atoms in total. The molecule has 3 heteroatoms. The summed E-state index contributed by atoms with van der Waals surface area (Å²) in [5, 5.41) is 5.43. The summed E-state index contributed by atoms with van der Waals surface area (Å²) >= 11 is 0. The van der Waals surface area contributed by atoms with Crippen LogP contribution in [0.15, 0.2) is 84.9 Å². The van der Waals surface area contributed by atoms with E-state index in [0.29, 0.717) is 0 Å². The first-order chi connectivity index (χ1) is 14.9. The predicted molar refractivity (Wildman–Crippen MR) is 130 cm³/mol. The molecular formula is C30H30Y3-2. The Balaban J connectivity index is 0.000000214. The third-order valence-corrected chi connectivity index (χ3v) is 6.73. The monoisotopic (exact) mass is 657 g/mol. The molecule has 0 aromatic heterocycles. The molecule has 2 fully saturated rings. The van der Waals surface area contributed by atoms with E-state index in [-0.39, 0.29) is 98.1 Å². The molecule has 0 atom stereocenters. The van der Waals surface area contributed by atoms with Gasteiger partial charge in [-0.05, 0) is 10.8 Å². The SMILES string of the molecule is [Y].[Y].[Y].c1ccc2cc([C-]3CCCC3)ccc2c1.c1ccc2cc([C-]3CCCC3)ccc2c1. The van der Waals surface area contributed by atoms with E-state index in [1.54, 1.807) is 11.8 Å². The van der Waals surface area contributed by atoms with Crippen molar-refractivity contribution < 1.29 is 98.1 Å². The molecule has 33 heavy (non-hydrogen) atoms. The van der Waals surface area contributed by atoms with Gasteiger partial charge in [-0.25, -0.2) is 0 Å². The summed E-state index contributed by atoms with van der Waals surface area (Å²) in [4.78, 5) is 0. The van der Waals surface area contributed by atoms with Gasteiger partial charge in [-0.1, -0.05) is 111 Å². The largest absolute Gasteiger partial charge is 0.188 e. The van der Waals surface area contributed by atoms with Gasteiger partial charge in [0, 0.05) is 98.1 Å². The van der Waals surface area contributed by atoms with Crippen LogP contribution in [0.25, 0.3) is 21.5 Å². The van der Waals surface area contributed by atoms with Crippen LogP contribution in [0.2, 0.25) is 0 Å². The normalized spacial score (nSPS) is 14.7. The fraction of sp³-hybridized carbons (Fsp3) is 0.267. The first-order valence-electron chi connectivity index (χ1n) is 11.5. The minimum absolute atomic E-state index is 0. The average molecular weight is 657 g/mol. The van der Waals surface area contributed by atoms with E-state index in [4.69, 9.17) is 0 Å². The van der Waals surface area contributed by atoms with E-state index in [9.17, 15) is 0 Å². The Bertz CT molecular complexity index is 1030. The second-order valence-electron chi connectivity index (χ2n) is 8.75. The molecule has 3 radical (unpaired) electrons. The Labute approximate surface area is 275 Å². The van der Waals surface area contributed by atoms with Gasteiger partial charge in [0.25, 0.3) is 0 Å². The molecule has 0 amide bonds. The molecule has 0 saturated heterocycles. The van der Waals surface area contributed by atoms with E-state index < -0.39 is 0 Å². The maximum absolute atomic E-state index is 2.34. The van der Waals surface area contributed by atoms with Crippen molar-refractivity contribution in [1.82, 2.24) is 0 Å². The van der Waals surface area contributed by atoms with Crippen molar-refractivity contribution >= 4 is 21.5 Å². The summed E-state index contributed by atoms with van der Waals surface area (Å²) in [6, 6.07) is 30.9. The van der Waals surface area contributed by atoms with Crippen molar-refractivity contribution in [3.05, 3.63) is 108 Å². The number of rotatable bonds is 2. The van der Waals surface area contributed by atoms with Gasteiger partial charge in [0.2, 0.25) is 0 Å². The first kappa shape index (κ1) is 29.7. The van der Waals surface area contributed by atoms with Crippen molar-refractivity contribution in [2.45, 2.75) is 51.4 Å². The van der Waals surface area contributed by atoms with Crippen LogP contribution in [0.3, 0.4) is 0 Å². The summed E-state index contributed by atoms with van der Waals surface area (Å²) < 4.78 is 0. The number of fused-ring (bicyclic) bond motifs is 2. The fourth-order valence-corrected chi connectivity index (χ4v) is 5.00. The number of hydrogen-bond acceptors (Lipinski definition) is 0. The zero-order chi connectivity index (χ0) is 20.2. The maximum atomic E-state index is 2.34. The molecule has 4 aromatic rings. The molecular weight excluding hydrogens is 627 g/mol. The molecule has 6 rings (SSSR count). The molecule has 0 heterocycles. The quantitative estimate of drug-likeness (QED) is 0.190. The van der Waals surface area contributed by atoms with Crippen LogP contribution in [0.4, 0.5) is 0 Å². The van der Waals surface area contributed by atoms with Crippen molar-refractivity contribution in [2.75, 3.05) is 0 Å². The van der Waals surface area contributed by atoms with Gasteiger partial charge in [0.15, 0.2) is 0 Å². The Morgan fingerprint density at radius 3 is 1.09 bits per heavy atom. The zero-order valence-corrected chi connectivity index (χ0v) is 28.0. The van der Waals surface area contributed by atoms with Crippen LogP contribution in [-0.2, 0) is 98.1 Å². The van der Waals surface area contributed by atoms with Gasteiger partial charge in [-0.3, -0.25) is 0 Å². The molecule has 0 spiro atoms. The minimum Gasteiger partial charge on any atom is -0.188 e. The predicted octanol–water partition coefficient (Wildman–Crippen LogP) is 8.67. The standard InChI is InChI=1S/2C15H15.3Y/c2*1-2-6-12(5-1)15-10-9-13-7-3-4-8-14(13)11-15;;;/h2*3-4,7-11H,1-2,5-6H2;;;/q2*-1;;;. The molecule has 0 bridgehead atoms. The summed E-state index contributed by atoms with van der Waals surface area (Å²) in [6.07, 6.45) is 10.7. The molecule has 2 saturated carbocycles. The Morgan fingerprint density at radius 1 is 0.394 bits per heavy atom. The van der Waals surface area contributed by atoms with E-state index in [2.05, 4.69) is 84.9 Å². The molecule has 161 valence electrons. The van der Waals surface area contributed by atoms with Gasteiger partial charge in [0.05, 0.1) is 0 Å². The molecule has 0 aliphatic heterocycles. The van der Waals surface area contributed by atoms with Crippen LogP contribution in [0.1, 0.15) is 62.5 Å². The van der Waals surface area contributed by atoms with Crippen LogP contribution in [0.5, 0.6) is 0 Å². The second-order valence-corrected chi connectivity index (χ2v) is 8.75. The maximum Gasteiger partial charge on any atom is 0 e. The number of benzene rings is 4. The van der Waals surface area contributed by atoms with Crippen LogP contribution in [-0.4, -0.2) is 0 Å². The van der Waals surface area contributed by atoms with Gasteiger partial charge in [-0.15, -0.1) is 12.1 Å². The van der Waals surface area contributed by atoms with Gasteiger partial charge < -0.3 is 0 Å². The fourth-order valence-electron chi connectivity index (χ4n) is 5.00.